The van der Waals surface area contributed by atoms with E-state index in [0.29, 0.717) is 0 Å². The van der Waals surface area contributed by atoms with E-state index in [1.54, 1.807) is 0 Å². The van der Waals surface area contributed by atoms with Gasteiger partial charge < -0.3 is 11.5 Å². The maximum atomic E-state index is 10.7. The second kappa shape index (κ2) is 7.97. The Bertz CT molecular complexity index is 1180. The molecule has 0 aromatic heterocycles. The number of nitrogens with two attached hydrogens (primary N) is 2. The standard InChI is InChI=1S/C6H6ClNO3S.C6H7NO6S2/c7-5-3-4(12(9,10)11)1-2-6(5)8;7-5-3-4(14(8,9)10)1-2-6(5)15(11,12)13/h1-3H,8H2,(H,9,10,11);1-3H,7H2,(H,8,9,10)(H,11,12,13). The predicted molar refractivity (Wildman–Crippen MR) is 96.2 cm³/mol. The lowest BCUT2D eigenvalue weighted by molar-refractivity contribution is 0.479. The highest BCUT2D eigenvalue weighted by molar-refractivity contribution is 7.86. The van der Waals surface area contributed by atoms with Crippen LogP contribution in [0.25, 0.3) is 0 Å². The summed E-state index contributed by atoms with van der Waals surface area (Å²) >= 11 is 5.52. The van der Waals surface area contributed by atoms with E-state index in [1.165, 1.54) is 12.1 Å². The molecule has 15 heteroatoms. The van der Waals surface area contributed by atoms with Crippen LogP contribution in [-0.2, 0) is 30.4 Å². The van der Waals surface area contributed by atoms with E-state index in [1.807, 2.05) is 0 Å². The minimum absolute atomic E-state index is 0.102. The lowest BCUT2D eigenvalue weighted by atomic mass is 10.3. The van der Waals surface area contributed by atoms with Crippen molar-refractivity contribution in [2.24, 2.45) is 0 Å². The molecule has 150 valence electrons. The highest BCUT2D eigenvalue weighted by Crippen LogP contribution is 2.22. The number of halogens is 1. The van der Waals surface area contributed by atoms with Gasteiger partial charge in [0.15, 0.2) is 0 Å². The highest BCUT2D eigenvalue weighted by Gasteiger charge is 2.17. The van der Waals surface area contributed by atoms with E-state index in [2.05, 4.69) is 0 Å². The Hall–Kier alpha value is -1.94. The smallest absolute Gasteiger partial charge is 0.296 e. The fraction of sp³-hybridized carbons (Fsp3) is 0. The molecule has 11 nitrogen and oxygen atoms in total. The van der Waals surface area contributed by atoms with Crippen LogP contribution in [0.4, 0.5) is 11.4 Å². The first kappa shape index (κ1) is 23.1. The number of anilines is 2. The third-order valence-corrected chi connectivity index (χ3v) is 5.78. The van der Waals surface area contributed by atoms with Crippen molar-refractivity contribution in [2.75, 3.05) is 11.5 Å². The lowest BCUT2D eigenvalue weighted by Gasteiger charge is -2.03. The molecule has 0 bridgehead atoms. The van der Waals surface area contributed by atoms with Gasteiger partial charge in [-0.2, -0.15) is 25.3 Å². The number of benzene rings is 2. The maximum Gasteiger partial charge on any atom is 0.296 e. The molecule has 0 atom stereocenters. The topological polar surface area (TPSA) is 215 Å². The SMILES string of the molecule is Nc1cc(S(=O)(=O)O)ccc1S(=O)(=O)O.Nc1ccc(S(=O)(=O)O)cc1Cl. The number of rotatable bonds is 3. The summed E-state index contributed by atoms with van der Waals surface area (Å²) in [6.07, 6.45) is 0. The van der Waals surface area contributed by atoms with Crippen LogP contribution in [0.2, 0.25) is 5.02 Å². The summed E-state index contributed by atoms with van der Waals surface area (Å²) in [6.45, 7) is 0. The van der Waals surface area contributed by atoms with E-state index >= 15 is 0 Å². The van der Waals surface area contributed by atoms with E-state index in [4.69, 9.17) is 36.7 Å². The van der Waals surface area contributed by atoms with E-state index in [9.17, 15) is 25.3 Å². The van der Waals surface area contributed by atoms with Crippen molar-refractivity contribution in [3.8, 4) is 0 Å². The van der Waals surface area contributed by atoms with Crippen LogP contribution in [-0.4, -0.2) is 38.9 Å². The quantitative estimate of drug-likeness (QED) is 0.320. The van der Waals surface area contributed by atoms with Crippen LogP contribution in [0.1, 0.15) is 0 Å². The summed E-state index contributed by atoms with van der Waals surface area (Å²) in [7, 11) is -13.1. The first-order valence-corrected chi connectivity index (χ1v) is 11.1. The monoisotopic (exact) mass is 460 g/mol. The van der Waals surface area contributed by atoms with Crippen LogP contribution < -0.4 is 11.5 Å². The normalized spacial score (nSPS) is 12.1. The summed E-state index contributed by atoms with van der Waals surface area (Å²) in [5, 5.41) is 0.102. The van der Waals surface area contributed by atoms with Crippen molar-refractivity contribution in [2.45, 2.75) is 14.7 Å². The molecular formula is C12H13ClN2O9S3. The largest absolute Gasteiger partial charge is 0.398 e. The number of hydrogen-bond acceptors (Lipinski definition) is 8. The number of nitrogen functional groups attached to an aromatic ring is 2. The van der Waals surface area contributed by atoms with Gasteiger partial charge in [-0.3, -0.25) is 13.7 Å². The van der Waals surface area contributed by atoms with Gasteiger partial charge in [-0.05, 0) is 36.4 Å². The molecule has 2 rings (SSSR count). The second-order valence-corrected chi connectivity index (χ2v) is 9.45. The molecule has 0 unspecified atom stereocenters. The number of hydrogen-bond donors (Lipinski definition) is 5. The Morgan fingerprint density at radius 3 is 1.48 bits per heavy atom. The van der Waals surface area contributed by atoms with Crippen molar-refractivity contribution >= 4 is 53.3 Å². The second-order valence-electron chi connectivity index (χ2n) is 4.81. The van der Waals surface area contributed by atoms with Crippen molar-refractivity contribution < 1.29 is 38.9 Å². The van der Waals surface area contributed by atoms with Gasteiger partial charge in [0.1, 0.15) is 4.90 Å². The average Bonchev–Trinajstić information content (AvgIpc) is 2.47. The Labute approximate surface area is 159 Å². The van der Waals surface area contributed by atoms with E-state index in [-0.39, 0.29) is 15.6 Å². The molecule has 0 radical (unpaired) electrons. The third kappa shape index (κ3) is 6.62. The maximum absolute atomic E-state index is 10.7. The van der Waals surface area contributed by atoms with Gasteiger partial charge in [-0.15, -0.1) is 0 Å². The van der Waals surface area contributed by atoms with Gasteiger partial charge in [0.05, 0.1) is 26.2 Å². The van der Waals surface area contributed by atoms with Crippen LogP contribution >= 0.6 is 11.6 Å². The summed E-state index contributed by atoms with van der Waals surface area (Å²) < 4.78 is 89.6. The lowest BCUT2D eigenvalue weighted by Crippen LogP contribution is -2.05. The summed E-state index contributed by atoms with van der Waals surface area (Å²) in [5.74, 6) is 0. The molecule has 0 amide bonds. The Kier molecular flexibility index (Phi) is 6.82. The van der Waals surface area contributed by atoms with Gasteiger partial charge in [0.2, 0.25) is 0 Å². The first-order valence-electron chi connectivity index (χ1n) is 6.40. The fourth-order valence-corrected chi connectivity index (χ4v) is 3.45. The predicted octanol–water partition coefficient (Wildman–Crippen LogP) is 0.931. The van der Waals surface area contributed by atoms with E-state index in [0.717, 1.165) is 24.3 Å². The molecule has 0 aliphatic rings. The van der Waals surface area contributed by atoms with E-state index < -0.39 is 45.8 Å². The molecule has 27 heavy (non-hydrogen) atoms. The Balaban J connectivity index is 0.000000277. The molecule has 7 N–H and O–H groups in total. The third-order valence-electron chi connectivity index (χ3n) is 2.83. The minimum atomic E-state index is -4.50. The Morgan fingerprint density at radius 2 is 1.11 bits per heavy atom. The van der Waals surface area contributed by atoms with Crippen molar-refractivity contribution in [1.29, 1.82) is 0 Å². The van der Waals surface area contributed by atoms with Crippen LogP contribution in [0.15, 0.2) is 51.1 Å². The fourth-order valence-electron chi connectivity index (χ4n) is 1.59. The zero-order valence-corrected chi connectivity index (χ0v) is 16.2. The molecule has 2 aromatic carbocycles. The summed E-state index contributed by atoms with van der Waals surface area (Å²) in [6, 6.07) is 5.91. The van der Waals surface area contributed by atoms with Gasteiger partial charge in [0.25, 0.3) is 30.4 Å². The zero-order chi connectivity index (χ0) is 21.2. The zero-order valence-electron chi connectivity index (χ0n) is 13.0. The van der Waals surface area contributed by atoms with Crippen molar-refractivity contribution in [1.82, 2.24) is 0 Å². The average molecular weight is 461 g/mol. The molecule has 0 heterocycles. The van der Waals surface area contributed by atoms with Crippen molar-refractivity contribution in [3.63, 3.8) is 0 Å². The molecule has 0 spiro atoms. The molecule has 0 aliphatic carbocycles. The van der Waals surface area contributed by atoms with Gasteiger partial charge in [0, 0.05) is 0 Å². The van der Waals surface area contributed by atoms with Gasteiger partial charge in [-0.1, -0.05) is 11.6 Å². The first-order chi connectivity index (χ1) is 12.0. The van der Waals surface area contributed by atoms with Crippen LogP contribution in [0.5, 0.6) is 0 Å². The highest BCUT2D eigenvalue weighted by atomic mass is 35.5. The molecule has 0 saturated carbocycles. The molecule has 2 aromatic rings. The van der Waals surface area contributed by atoms with Gasteiger partial charge >= 0.3 is 0 Å². The summed E-state index contributed by atoms with van der Waals surface area (Å²) in [4.78, 5) is -1.43. The molecule has 0 aliphatic heterocycles. The molecule has 0 fully saturated rings. The molecular weight excluding hydrogens is 448 g/mol. The van der Waals surface area contributed by atoms with Crippen molar-refractivity contribution in [3.05, 3.63) is 41.4 Å². The molecule has 0 saturated heterocycles. The van der Waals surface area contributed by atoms with Gasteiger partial charge in [-0.25, -0.2) is 0 Å². The minimum Gasteiger partial charge on any atom is -0.398 e. The van der Waals surface area contributed by atoms with Crippen LogP contribution in [0, 0.1) is 0 Å². The Morgan fingerprint density at radius 1 is 0.667 bits per heavy atom. The summed E-state index contributed by atoms with van der Waals surface area (Å²) in [5.41, 5.74) is 10.3. The van der Waals surface area contributed by atoms with Crippen LogP contribution in [0.3, 0.4) is 0 Å².